The molecule has 0 radical (unpaired) electrons. The van der Waals surface area contributed by atoms with Crippen LogP contribution >= 0.6 is 11.3 Å². The van der Waals surface area contributed by atoms with Gasteiger partial charge in [-0.3, -0.25) is 4.79 Å². The molecule has 3 aliphatic rings. The Bertz CT molecular complexity index is 1060. The summed E-state index contributed by atoms with van der Waals surface area (Å²) in [5.41, 5.74) is 3.59. The molecule has 0 fully saturated rings. The lowest BCUT2D eigenvalue weighted by Crippen LogP contribution is -2.33. The highest BCUT2D eigenvalue weighted by Gasteiger charge is 2.43. The molecule has 0 saturated carbocycles. The van der Waals surface area contributed by atoms with Gasteiger partial charge in [0.2, 0.25) is 6.79 Å². The standard InChI is InChI=1S/C21H18N2O3S/c1-21(2)7-13-17(14(24)8-21)19(16-6-3-11(9-22)27-16)18-12(23-13)4-5-15-20(18)26-10-25-15/h3-6,19,23H,7-8,10H2,1-2H3. The van der Waals surface area contributed by atoms with Crippen molar-refractivity contribution >= 4 is 22.8 Å². The van der Waals surface area contributed by atoms with Gasteiger partial charge in [-0.2, -0.15) is 5.26 Å². The number of Topliss-reactive ketones (excluding diaryl/α,β-unsaturated/α-hetero) is 1. The van der Waals surface area contributed by atoms with Gasteiger partial charge in [-0.05, 0) is 36.1 Å². The first-order chi connectivity index (χ1) is 13.0. The first kappa shape index (κ1) is 16.4. The predicted molar refractivity (Wildman–Crippen MR) is 102 cm³/mol. The van der Waals surface area contributed by atoms with Gasteiger partial charge in [0.25, 0.3) is 0 Å². The normalized spacial score (nSPS) is 22.0. The first-order valence-corrected chi connectivity index (χ1v) is 9.74. The summed E-state index contributed by atoms with van der Waals surface area (Å²) in [6.45, 7) is 4.43. The largest absolute Gasteiger partial charge is 0.454 e. The number of carbonyl (C=O) groups is 1. The fraction of sp³-hybridized carbons (Fsp3) is 0.333. The van der Waals surface area contributed by atoms with Crippen LogP contribution in [-0.4, -0.2) is 12.6 Å². The molecule has 1 atom stereocenters. The molecule has 5 rings (SSSR count). The Labute approximate surface area is 161 Å². The molecule has 0 spiro atoms. The molecule has 3 heterocycles. The molecule has 5 nitrogen and oxygen atoms in total. The number of fused-ring (bicyclic) bond motifs is 3. The van der Waals surface area contributed by atoms with Crippen LogP contribution in [0, 0.1) is 16.7 Å². The summed E-state index contributed by atoms with van der Waals surface area (Å²) >= 11 is 1.43. The number of hydrogen-bond donors (Lipinski definition) is 1. The number of allylic oxidation sites excluding steroid dienone is 2. The number of hydrogen-bond acceptors (Lipinski definition) is 6. The fourth-order valence-corrected chi connectivity index (χ4v) is 5.26. The van der Waals surface area contributed by atoms with E-state index in [0.29, 0.717) is 22.8 Å². The van der Waals surface area contributed by atoms with Crippen molar-refractivity contribution < 1.29 is 14.3 Å². The van der Waals surface area contributed by atoms with Crippen LogP contribution in [0.2, 0.25) is 0 Å². The Morgan fingerprint density at radius 2 is 2.07 bits per heavy atom. The first-order valence-electron chi connectivity index (χ1n) is 8.92. The molecule has 0 amide bonds. The predicted octanol–water partition coefficient (Wildman–Crippen LogP) is 4.55. The smallest absolute Gasteiger partial charge is 0.231 e. The number of nitriles is 1. The van der Waals surface area contributed by atoms with Crippen LogP contribution in [0.3, 0.4) is 0 Å². The molecule has 27 heavy (non-hydrogen) atoms. The number of ketones is 1. The van der Waals surface area contributed by atoms with Gasteiger partial charge < -0.3 is 14.8 Å². The summed E-state index contributed by atoms with van der Waals surface area (Å²) < 4.78 is 11.4. The summed E-state index contributed by atoms with van der Waals surface area (Å²) in [5.74, 6) is 1.32. The Morgan fingerprint density at radius 1 is 1.22 bits per heavy atom. The van der Waals surface area contributed by atoms with Gasteiger partial charge in [-0.15, -0.1) is 11.3 Å². The Kier molecular flexibility index (Phi) is 3.40. The van der Waals surface area contributed by atoms with Gasteiger partial charge in [0.15, 0.2) is 17.3 Å². The number of rotatable bonds is 1. The van der Waals surface area contributed by atoms with Gasteiger partial charge in [0.05, 0.1) is 5.92 Å². The van der Waals surface area contributed by atoms with Gasteiger partial charge in [-0.1, -0.05) is 13.8 Å². The summed E-state index contributed by atoms with van der Waals surface area (Å²) in [6, 6.07) is 9.87. The molecule has 2 aliphatic heterocycles. The Balaban J connectivity index is 1.76. The van der Waals surface area contributed by atoms with Crippen LogP contribution < -0.4 is 14.8 Å². The molecule has 1 aromatic carbocycles. The number of benzene rings is 1. The SMILES string of the molecule is CC1(C)CC(=O)C2=C(C1)Nc1ccc3c(c1C2c1ccc(C#N)s1)OCO3. The van der Waals surface area contributed by atoms with Crippen molar-refractivity contribution in [3.05, 3.63) is 50.9 Å². The molecule has 0 bridgehead atoms. The van der Waals surface area contributed by atoms with Crippen LogP contribution in [0.5, 0.6) is 11.5 Å². The molecule has 1 aliphatic carbocycles. The van der Waals surface area contributed by atoms with Crippen molar-refractivity contribution in [3.63, 3.8) is 0 Å². The number of thiophene rings is 1. The van der Waals surface area contributed by atoms with Crippen LogP contribution in [0.25, 0.3) is 0 Å². The third-order valence-corrected chi connectivity index (χ3v) is 6.44. The van der Waals surface area contributed by atoms with Crippen LogP contribution in [0.1, 0.15) is 47.9 Å². The highest BCUT2D eigenvalue weighted by atomic mass is 32.1. The second kappa shape index (κ2) is 5.61. The quantitative estimate of drug-likeness (QED) is 0.788. The molecule has 6 heteroatoms. The number of nitrogens with one attached hydrogen (secondary N) is 1. The van der Waals surface area contributed by atoms with Crippen molar-refractivity contribution in [2.45, 2.75) is 32.6 Å². The van der Waals surface area contributed by atoms with E-state index in [0.717, 1.165) is 33.8 Å². The summed E-state index contributed by atoms with van der Waals surface area (Å²) in [4.78, 5) is 14.8. The molecule has 1 unspecified atom stereocenters. The Hall–Kier alpha value is -2.78. The van der Waals surface area contributed by atoms with E-state index in [1.165, 1.54) is 11.3 Å². The van der Waals surface area contributed by atoms with E-state index in [9.17, 15) is 10.1 Å². The minimum atomic E-state index is -0.233. The molecular formula is C21H18N2O3S. The molecule has 136 valence electrons. The van der Waals surface area contributed by atoms with E-state index >= 15 is 0 Å². The second-order valence-electron chi connectivity index (χ2n) is 7.97. The van der Waals surface area contributed by atoms with Crippen molar-refractivity contribution in [1.82, 2.24) is 0 Å². The fourth-order valence-electron chi connectivity index (χ4n) is 4.33. The van der Waals surface area contributed by atoms with Gasteiger partial charge >= 0.3 is 0 Å². The maximum Gasteiger partial charge on any atom is 0.231 e. The second-order valence-corrected chi connectivity index (χ2v) is 9.08. The number of carbonyl (C=O) groups excluding carboxylic acids is 1. The van der Waals surface area contributed by atoms with Crippen LogP contribution in [-0.2, 0) is 4.79 Å². The third kappa shape index (κ3) is 2.46. The van der Waals surface area contributed by atoms with Crippen LogP contribution in [0.4, 0.5) is 5.69 Å². The Morgan fingerprint density at radius 3 is 2.85 bits per heavy atom. The molecular weight excluding hydrogens is 360 g/mol. The summed E-state index contributed by atoms with van der Waals surface area (Å²) in [5, 5.41) is 12.8. The van der Waals surface area contributed by atoms with E-state index < -0.39 is 0 Å². The van der Waals surface area contributed by atoms with Gasteiger partial charge in [-0.25, -0.2) is 0 Å². The zero-order valence-corrected chi connectivity index (χ0v) is 15.9. The van der Waals surface area contributed by atoms with E-state index in [2.05, 4.69) is 25.2 Å². The number of nitrogens with zero attached hydrogens (tertiary/aromatic N) is 1. The monoisotopic (exact) mass is 378 g/mol. The van der Waals surface area contributed by atoms with E-state index in [-0.39, 0.29) is 23.9 Å². The minimum absolute atomic E-state index is 0.0748. The number of ether oxygens (including phenoxy) is 2. The molecule has 1 aromatic heterocycles. The maximum absolute atomic E-state index is 13.2. The lowest BCUT2D eigenvalue weighted by Gasteiger charge is -2.39. The van der Waals surface area contributed by atoms with Crippen molar-refractivity contribution in [2.24, 2.45) is 5.41 Å². The zero-order valence-electron chi connectivity index (χ0n) is 15.1. The molecule has 1 N–H and O–H groups in total. The highest BCUT2D eigenvalue weighted by molar-refractivity contribution is 7.12. The molecule has 2 aromatic rings. The summed E-state index contributed by atoms with van der Waals surface area (Å²) in [6.07, 6.45) is 1.33. The number of anilines is 1. The van der Waals surface area contributed by atoms with E-state index in [1.807, 2.05) is 24.3 Å². The van der Waals surface area contributed by atoms with Crippen LogP contribution in [0.15, 0.2) is 35.5 Å². The lowest BCUT2D eigenvalue weighted by molar-refractivity contribution is -0.118. The van der Waals surface area contributed by atoms with Crippen molar-refractivity contribution in [3.8, 4) is 17.6 Å². The molecule has 0 saturated heterocycles. The van der Waals surface area contributed by atoms with Gasteiger partial charge in [0.1, 0.15) is 10.9 Å². The van der Waals surface area contributed by atoms with E-state index in [4.69, 9.17) is 9.47 Å². The van der Waals surface area contributed by atoms with Gasteiger partial charge in [0, 0.05) is 33.8 Å². The average molecular weight is 378 g/mol. The maximum atomic E-state index is 13.2. The van der Waals surface area contributed by atoms with E-state index in [1.54, 1.807) is 0 Å². The van der Waals surface area contributed by atoms with Crippen molar-refractivity contribution in [2.75, 3.05) is 12.1 Å². The average Bonchev–Trinajstić information content (AvgIpc) is 3.27. The highest BCUT2D eigenvalue weighted by Crippen LogP contribution is 2.55. The zero-order chi connectivity index (χ0) is 18.8. The van der Waals surface area contributed by atoms with Crippen molar-refractivity contribution in [1.29, 1.82) is 5.26 Å². The summed E-state index contributed by atoms with van der Waals surface area (Å²) in [7, 11) is 0. The third-order valence-electron chi connectivity index (χ3n) is 5.38. The minimum Gasteiger partial charge on any atom is -0.454 e. The topological polar surface area (TPSA) is 71.4 Å². The lowest BCUT2D eigenvalue weighted by atomic mass is 9.70.